The lowest BCUT2D eigenvalue weighted by Gasteiger charge is -2.07. The van der Waals surface area contributed by atoms with E-state index in [-0.39, 0.29) is 0 Å². The molecule has 0 rings (SSSR count). The topological polar surface area (TPSA) is 27.7 Å². The smallest absolute Gasteiger partial charge is 0.149 e. The van der Waals surface area contributed by atoms with E-state index in [0.29, 0.717) is 13.6 Å². The Kier molecular flexibility index (Phi) is 45.4. The van der Waals surface area contributed by atoms with Gasteiger partial charge in [0.15, 0.2) is 0 Å². The van der Waals surface area contributed by atoms with Crippen LogP contribution in [-0.2, 0) is 14.2 Å². The van der Waals surface area contributed by atoms with Crippen LogP contribution in [0.25, 0.3) is 0 Å². The third kappa shape index (κ3) is 46.5. The summed E-state index contributed by atoms with van der Waals surface area (Å²) in [6.45, 7) is 11.3. The van der Waals surface area contributed by atoms with Crippen molar-refractivity contribution in [1.82, 2.24) is 0 Å². The van der Waals surface area contributed by atoms with Crippen molar-refractivity contribution in [3.8, 4) is 0 Å². The van der Waals surface area contributed by atoms with Gasteiger partial charge in [-0.1, -0.05) is 168 Å². The second-order valence-corrected chi connectivity index (χ2v) is 11.7. The second-order valence-electron chi connectivity index (χ2n) is 11.7. The van der Waals surface area contributed by atoms with Crippen LogP contribution in [0.1, 0.15) is 195 Å². The number of hydrogen-bond acceptors (Lipinski definition) is 3. The Labute approximate surface area is 259 Å². The minimum absolute atomic E-state index is 0.368. The van der Waals surface area contributed by atoms with Gasteiger partial charge >= 0.3 is 0 Å². The molecule has 0 spiro atoms. The molecule has 0 aromatic carbocycles. The zero-order chi connectivity index (χ0) is 30.2. The van der Waals surface area contributed by atoms with E-state index in [1.807, 2.05) is 0 Å². The Bertz CT molecular complexity index is 454. The second kappa shape index (κ2) is 43.8. The van der Waals surface area contributed by atoms with Crippen molar-refractivity contribution in [3.63, 3.8) is 0 Å². The van der Waals surface area contributed by atoms with E-state index in [9.17, 15) is 0 Å². The first-order chi connectivity index (χ1) is 20.3. The maximum absolute atomic E-state index is 5.44. The molecule has 0 heterocycles. The molecule has 0 unspecified atom stereocenters. The van der Waals surface area contributed by atoms with E-state index in [2.05, 4.69) is 52.0 Å². The van der Waals surface area contributed by atoms with Gasteiger partial charge in [0.2, 0.25) is 0 Å². The van der Waals surface area contributed by atoms with Crippen LogP contribution in [0.15, 0.2) is 24.3 Å². The van der Waals surface area contributed by atoms with E-state index < -0.39 is 0 Å². The Morgan fingerprint density at radius 2 is 0.659 bits per heavy atom. The minimum Gasteiger partial charge on any atom is -0.355 e. The van der Waals surface area contributed by atoms with Gasteiger partial charge in [-0.3, -0.25) is 0 Å². The summed E-state index contributed by atoms with van der Waals surface area (Å²) < 4.78 is 16.2. The molecule has 0 saturated heterocycles. The van der Waals surface area contributed by atoms with Gasteiger partial charge in [-0.25, -0.2) is 0 Å². The zero-order valence-corrected chi connectivity index (χ0v) is 28.7. The molecule has 0 aliphatic heterocycles. The summed E-state index contributed by atoms with van der Waals surface area (Å²) in [7, 11) is 0. The summed E-state index contributed by atoms with van der Waals surface area (Å²) in [5.74, 6) is 0. The first-order valence-electron chi connectivity index (χ1n) is 18.4. The summed E-state index contributed by atoms with van der Waals surface area (Å²) >= 11 is 0. The number of unbranched alkanes of at least 4 members (excludes halogenated alkanes) is 21. The monoisotopic (exact) mass is 581 g/mol. The normalized spacial score (nSPS) is 11.5. The van der Waals surface area contributed by atoms with Crippen LogP contribution in [0.4, 0.5) is 0 Å². The molecule has 41 heavy (non-hydrogen) atoms. The fraction of sp³-hybridized carbons (Fsp3) is 0.895. The summed E-state index contributed by atoms with van der Waals surface area (Å²) in [4.78, 5) is 0. The molecule has 3 heteroatoms. The Hall–Kier alpha value is -0.640. The lowest BCUT2D eigenvalue weighted by Crippen LogP contribution is -2.06. The molecule has 0 aromatic rings. The Morgan fingerprint density at radius 1 is 0.317 bits per heavy atom. The molecule has 0 aromatic heterocycles. The first kappa shape index (κ1) is 42.5. The predicted octanol–water partition coefficient (Wildman–Crippen LogP) is 13.3. The van der Waals surface area contributed by atoms with Gasteiger partial charge in [-0.2, -0.15) is 0 Å². The molecule has 0 radical (unpaired) electrons. The molecule has 0 amide bonds. The molecular weight excluding hydrogens is 504 g/mol. The van der Waals surface area contributed by atoms with Gasteiger partial charge in [-0.05, 0) is 51.4 Å². The van der Waals surface area contributed by atoms with Crippen molar-refractivity contribution in [1.29, 1.82) is 0 Å². The van der Waals surface area contributed by atoms with Crippen molar-refractivity contribution in [2.24, 2.45) is 0 Å². The maximum atomic E-state index is 5.44. The van der Waals surface area contributed by atoms with E-state index in [4.69, 9.17) is 14.2 Å². The SMILES string of the molecule is CC/C=C/CCCCCCCC/C=C/CCCC.CCCCCCCCCOCOCOCCCCCCCCC. The van der Waals surface area contributed by atoms with Crippen LogP contribution < -0.4 is 0 Å². The number of rotatable bonds is 33. The lowest BCUT2D eigenvalue weighted by molar-refractivity contribution is -0.131. The highest BCUT2D eigenvalue weighted by atomic mass is 16.7. The molecule has 246 valence electrons. The molecule has 0 fully saturated rings. The standard InChI is InChI=1S/C20H42O3.C18H34/c1-3-5-7-9-11-13-15-17-21-19-23-20-22-18-16-14-12-10-8-6-4-2;1-3-5-7-9-11-13-15-17-18-16-14-12-10-8-6-4-2/h3-20H2,1-2H3;5,7,10,12H,3-4,6,8-9,11,13-18H2,1-2H3/b;7-5+,12-10+. The van der Waals surface area contributed by atoms with Gasteiger partial charge in [0.05, 0.1) is 0 Å². The van der Waals surface area contributed by atoms with Gasteiger partial charge in [0, 0.05) is 13.2 Å². The van der Waals surface area contributed by atoms with Crippen LogP contribution in [0, 0.1) is 0 Å². The van der Waals surface area contributed by atoms with E-state index in [1.54, 1.807) is 0 Å². The molecule has 0 aliphatic carbocycles. The number of ether oxygens (including phenoxy) is 3. The van der Waals surface area contributed by atoms with Crippen LogP contribution in [-0.4, -0.2) is 26.8 Å². The summed E-state index contributed by atoms with van der Waals surface area (Å²) in [5, 5.41) is 0. The number of hydrogen-bond donors (Lipinski definition) is 0. The Morgan fingerprint density at radius 3 is 1.07 bits per heavy atom. The number of allylic oxidation sites excluding steroid dienone is 4. The lowest BCUT2D eigenvalue weighted by atomic mass is 10.1. The summed E-state index contributed by atoms with van der Waals surface area (Å²) in [5.41, 5.74) is 0. The molecular formula is C38H76O3. The Balaban J connectivity index is 0. The average molecular weight is 581 g/mol. The molecule has 0 atom stereocenters. The van der Waals surface area contributed by atoms with Crippen LogP contribution in [0.3, 0.4) is 0 Å². The van der Waals surface area contributed by atoms with Gasteiger partial charge in [-0.15, -0.1) is 0 Å². The van der Waals surface area contributed by atoms with Crippen molar-refractivity contribution in [2.45, 2.75) is 195 Å². The zero-order valence-electron chi connectivity index (χ0n) is 28.7. The predicted molar refractivity (Wildman–Crippen MR) is 184 cm³/mol. The van der Waals surface area contributed by atoms with Crippen LogP contribution in [0.5, 0.6) is 0 Å². The average Bonchev–Trinajstić information content (AvgIpc) is 2.99. The largest absolute Gasteiger partial charge is 0.355 e. The molecule has 0 bridgehead atoms. The van der Waals surface area contributed by atoms with Gasteiger partial charge < -0.3 is 14.2 Å². The van der Waals surface area contributed by atoms with Crippen LogP contribution >= 0.6 is 0 Å². The van der Waals surface area contributed by atoms with Gasteiger partial charge in [0.25, 0.3) is 0 Å². The quantitative estimate of drug-likeness (QED) is 0.0439. The van der Waals surface area contributed by atoms with E-state index in [0.717, 1.165) is 26.1 Å². The van der Waals surface area contributed by atoms with Crippen molar-refractivity contribution >= 4 is 0 Å². The minimum atomic E-state index is 0.368. The van der Waals surface area contributed by atoms with Crippen molar-refractivity contribution in [2.75, 3.05) is 26.8 Å². The van der Waals surface area contributed by atoms with E-state index in [1.165, 1.54) is 154 Å². The molecule has 0 saturated carbocycles. The molecule has 0 N–H and O–H groups in total. The molecule has 3 nitrogen and oxygen atoms in total. The van der Waals surface area contributed by atoms with Crippen LogP contribution in [0.2, 0.25) is 0 Å². The van der Waals surface area contributed by atoms with Crippen molar-refractivity contribution in [3.05, 3.63) is 24.3 Å². The third-order valence-corrected chi connectivity index (χ3v) is 7.40. The summed E-state index contributed by atoms with van der Waals surface area (Å²) in [6.07, 6.45) is 44.0. The first-order valence-corrected chi connectivity index (χ1v) is 18.4. The highest BCUT2D eigenvalue weighted by Gasteiger charge is 1.94. The molecule has 0 aliphatic rings. The maximum Gasteiger partial charge on any atom is 0.149 e. The third-order valence-electron chi connectivity index (χ3n) is 7.40. The highest BCUT2D eigenvalue weighted by molar-refractivity contribution is 4.81. The van der Waals surface area contributed by atoms with Crippen molar-refractivity contribution < 1.29 is 14.2 Å². The summed E-state index contributed by atoms with van der Waals surface area (Å²) in [6, 6.07) is 0. The van der Waals surface area contributed by atoms with E-state index >= 15 is 0 Å². The fourth-order valence-corrected chi connectivity index (χ4v) is 4.67. The highest BCUT2D eigenvalue weighted by Crippen LogP contribution is 2.10. The fourth-order valence-electron chi connectivity index (χ4n) is 4.67. The van der Waals surface area contributed by atoms with Gasteiger partial charge in [0.1, 0.15) is 13.6 Å².